The number of carboxylic acids is 1. The van der Waals surface area contributed by atoms with Crippen LogP contribution in [0.15, 0.2) is 11.4 Å². The molecule has 2 N–H and O–H groups in total. The molecule has 1 saturated carbocycles. The Hall–Kier alpha value is -0.870. The normalized spacial score (nSPS) is 24.8. The summed E-state index contributed by atoms with van der Waals surface area (Å²) in [5, 5.41) is 14.3. The molecular formula is C12H17NO2S. The van der Waals surface area contributed by atoms with Crippen molar-refractivity contribution in [3.05, 3.63) is 21.9 Å². The largest absolute Gasteiger partial charge is 0.477 e. The van der Waals surface area contributed by atoms with E-state index in [4.69, 9.17) is 5.11 Å². The van der Waals surface area contributed by atoms with Crippen LogP contribution in [0.1, 0.15) is 41.4 Å². The first-order valence-corrected chi connectivity index (χ1v) is 6.59. The summed E-state index contributed by atoms with van der Waals surface area (Å²) in [4.78, 5) is 11.4. The Bertz CT molecular complexity index is 375. The van der Waals surface area contributed by atoms with Gasteiger partial charge in [0, 0.05) is 12.6 Å². The minimum absolute atomic E-state index is 0.471. The van der Waals surface area contributed by atoms with Crippen LogP contribution >= 0.6 is 11.3 Å². The van der Waals surface area contributed by atoms with E-state index in [0.717, 1.165) is 5.56 Å². The van der Waals surface area contributed by atoms with Crippen molar-refractivity contribution in [2.24, 2.45) is 5.92 Å². The number of thiophene rings is 1. The van der Waals surface area contributed by atoms with E-state index in [1.807, 2.05) is 11.4 Å². The van der Waals surface area contributed by atoms with Crippen molar-refractivity contribution >= 4 is 17.3 Å². The summed E-state index contributed by atoms with van der Waals surface area (Å²) in [5.74, 6) is -0.0989. The van der Waals surface area contributed by atoms with Crippen molar-refractivity contribution in [2.45, 2.75) is 38.8 Å². The molecule has 1 aliphatic rings. The first kappa shape index (κ1) is 11.6. The van der Waals surface area contributed by atoms with Crippen molar-refractivity contribution < 1.29 is 9.90 Å². The Morgan fingerprint density at radius 2 is 2.44 bits per heavy atom. The second kappa shape index (κ2) is 4.97. The molecule has 1 fully saturated rings. The van der Waals surface area contributed by atoms with Crippen LogP contribution in [0.4, 0.5) is 0 Å². The SMILES string of the molecule is CC1CCCC1NCc1ccsc1C(=O)O. The second-order valence-electron chi connectivity index (χ2n) is 4.48. The maximum absolute atomic E-state index is 10.9. The highest BCUT2D eigenvalue weighted by Crippen LogP contribution is 2.25. The monoisotopic (exact) mass is 239 g/mol. The van der Waals surface area contributed by atoms with Gasteiger partial charge < -0.3 is 10.4 Å². The molecule has 0 saturated heterocycles. The number of aromatic carboxylic acids is 1. The Labute approximate surface area is 99.5 Å². The average molecular weight is 239 g/mol. The van der Waals surface area contributed by atoms with Gasteiger partial charge in [0.1, 0.15) is 4.88 Å². The standard InChI is InChI=1S/C12H17NO2S/c1-8-3-2-4-10(8)13-7-9-5-6-16-11(9)12(14)15/h5-6,8,10,13H,2-4,7H2,1H3,(H,14,15). The number of nitrogens with one attached hydrogen (secondary N) is 1. The van der Waals surface area contributed by atoms with Gasteiger partial charge in [-0.25, -0.2) is 4.79 Å². The highest BCUT2D eigenvalue weighted by molar-refractivity contribution is 7.12. The van der Waals surface area contributed by atoms with Gasteiger partial charge in [-0.3, -0.25) is 0 Å². The van der Waals surface area contributed by atoms with Crippen molar-refractivity contribution in [1.82, 2.24) is 5.32 Å². The zero-order chi connectivity index (χ0) is 11.5. The van der Waals surface area contributed by atoms with Crippen LogP contribution in [-0.4, -0.2) is 17.1 Å². The predicted molar refractivity (Wildman–Crippen MR) is 64.9 cm³/mol. The van der Waals surface area contributed by atoms with E-state index >= 15 is 0 Å². The van der Waals surface area contributed by atoms with Crippen molar-refractivity contribution in [1.29, 1.82) is 0 Å². The second-order valence-corrected chi connectivity index (χ2v) is 5.39. The molecule has 88 valence electrons. The van der Waals surface area contributed by atoms with Gasteiger partial charge in [0.2, 0.25) is 0 Å². The molecule has 2 unspecified atom stereocenters. The van der Waals surface area contributed by atoms with Crippen LogP contribution in [0.2, 0.25) is 0 Å². The Balaban J connectivity index is 1.94. The predicted octanol–water partition coefficient (Wildman–Crippen LogP) is 2.72. The van der Waals surface area contributed by atoms with E-state index < -0.39 is 5.97 Å². The average Bonchev–Trinajstić information content (AvgIpc) is 2.83. The summed E-state index contributed by atoms with van der Waals surface area (Å²) in [6.07, 6.45) is 3.79. The fourth-order valence-corrected chi connectivity index (χ4v) is 3.11. The van der Waals surface area contributed by atoms with E-state index in [-0.39, 0.29) is 0 Å². The molecule has 0 amide bonds. The van der Waals surface area contributed by atoms with Gasteiger partial charge in [0.05, 0.1) is 0 Å². The zero-order valence-electron chi connectivity index (χ0n) is 9.40. The van der Waals surface area contributed by atoms with Crippen LogP contribution < -0.4 is 5.32 Å². The van der Waals surface area contributed by atoms with Crippen molar-refractivity contribution in [3.63, 3.8) is 0 Å². The third-order valence-electron chi connectivity index (χ3n) is 3.36. The first-order chi connectivity index (χ1) is 7.68. The Morgan fingerprint density at radius 1 is 1.62 bits per heavy atom. The van der Waals surface area contributed by atoms with Crippen LogP contribution in [0.3, 0.4) is 0 Å². The quantitative estimate of drug-likeness (QED) is 0.849. The lowest BCUT2D eigenvalue weighted by Crippen LogP contribution is -2.30. The lowest BCUT2D eigenvalue weighted by atomic mass is 10.1. The topological polar surface area (TPSA) is 49.3 Å². The number of rotatable bonds is 4. The third-order valence-corrected chi connectivity index (χ3v) is 4.30. The molecule has 3 nitrogen and oxygen atoms in total. The summed E-state index contributed by atoms with van der Waals surface area (Å²) in [7, 11) is 0. The molecule has 1 aromatic heterocycles. The summed E-state index contributed by atoms with van der Waals surface area (Å²) in [5.41, 5.74) is 0.914. The maximum atomic E-state index is 10.9. The lowest BCUT2D eigenvalue weighted by Gasteiger charge is -2.16. The molecule has 2 rings (SSSR count). The van der Waals surface area contributed by atoms with Crippen LogP contribution in [0.5, 0.6) is 0 Å². The number of hydrogen-bond acceptors (Lipinski definition) is 3. The van der Waals surface area contributed by atoms with Crippen LogP contribution in [-0.2, 0) is 6.54 Å². The molecule has 1 aromatic rings. The van der Waals surface area contributed by atoms with Gasteiger partial charge in [0.25, 0.3) is 0 Å². The molecule has 0 spiro atoms. The van der Waals surface area contributed by atoms with Gasteiger partial charge >= 0.3 is 5.97 Å². The number of carboxylic acid groups (broad SMARTS) is 1. The van der Waals surface area contributed by atoms with Gasteiger partial charge in [0.15, 0.2) is 0 Å². The fraction of sp³-hybridized carbons (Fsp3) is 0.583. The van der Waals surface area contributed by atoms with E-state index in [1.54, 1.807) is 0 Å². The van der Waals surface area contributed by atoms with Gasteiger partial charge in [-0.15, -0.1) is 11.3 Å². The van der Waals surface area contributed by atoms with Crippen LogP contribution in [0, 0.1) is 5.92 Å². The summed E-state index contributed by atoms with van der Waals surface area (Å²) in [6, 6.07) is 2.46. The summed E-state index contributed by atoms with van der Waals surface area (Å²) in [6.45, 7) is 2.94. The summed E-state index contributed by atoms with van der Waals surface area (Å²) < 4.78 is 0. The van der Waals surface area contributed by atoms with Gasteiger partial charge in [-0.1, -0.05) is 13.3 Å². The molecule has 0 aliphatic heterocycles. The Kier molecular flexibility index (Phi) is 3.61. The van der Waals surface area contributed by atoms with Crippen molar-refractivity contribution in [2.75, 3.05) is 0 Å². The van der Waals surface area contributed by atoms with Gasteiger partial charge in [-0.05, 0) is 35.8 Å². The molecule has 0 radical (unpaired) electrons. The van der Waals surface area contributed by atoms with E-state index in [0.29, 0.717) is 23.4 Å². The van der Waals surface area contributed by atoms with Crippen LogP contribution in [0.25, 0.3) is 0 Å². The molecule has 4 heteroatoms. The molecule has 1 heterocycles. The highest BCUT2D eigenvalue weighted by atomic mass is 32.1. The third kappa shape index (κ3) is 2.44. The Morgan fingerprint density at radius 3 is 3.06 bits per heavy atom. The fourth-order valence-electron chi connectivity index (χ4n) is 2.35. The minimum Gasteiger partial charge on any atom is -0.477 e. The molecule has 0 bridgehead atoms. The maximum Gasteiger partial charge on any atom is 0.346 e. The van der Waals surface area contributed by atoms with E-state index in [1.165, 1.54) is 30.6 Å². The number of carbonyl (C=O) groups is 1. The molecule has 16 heavy (non-hydrogen) atoms. The molecule has 0 aromatic carbocycles. The smallest absolute Gasteiger partial charge is 0.346 e. The number of hydrogen-bond donors (Lipinski definition) is 2. The van der Waals surface area contributed by atoms with E-state index in [2.05, 4.69) is 12.2 Å². The highest BCUT2D eigenvalue weighted by Gasteiger charge is 2.23. The summed E-state index contributed by atoms with van der Waals surface area (Å²) >= 11 is 1.30. The molecular weight excluding hydrogens is 222 g/mol. The molecule has 1 aliphatic carbocycles. The lowest BCUT2D eigenvalue weighted by molar-refractivity contribution is 0.0701. The first-order valence-electron chi connectivity index (χ1n) is 5.71. The van der Waals surface area contributed by atoms with Gasteiger partial charge in [-0.2, -0.15) is 0 Å². The van der Waals surface area contributed by atoms with Crippen molar-refractivity contribution in [3.8, 4) is 0 Å². The zero-order valence-corrected chi connectivity index (χ0v) is 10.2. The molecule has 2 atom stereocenters. The van der Waals surface area contributed by atoms with E-state index in [9.17, 15) is 4.79 Å². The minimum atomic E-state index is -0.814.